The van der Waals surface area contributed by atoms with Crippen LogP contribution in [0.1, 0.15) is 6.92 Å². The van der Waals surface area contributed by atoms with E-state index in [2.05, 4.69) is 10.2 Å². The Morgan fingerprint density at radius 3 is 2.68 bits per heavy atom. The van der Waals surface area contributed by atoms with Crippen LogP contribution in [0.3, 0.4) is 0 Å². The second kappa shape index (κ2) is 8.61. The van der Waals surface area contributed by atoms with Gasteiger partial charge in [0.25, 0.3) is 0 Å². The zero-order valence-corrected chi connectivity index (χ0v) is 12.1. The third kappa shape index (κ3) is 6.88. The van der Waals surface area contributed by atoms with E-state index in [0.29, 0.717) is 18.9 Å². The minimum absolute atomic E-state index is 0.635. The summed E-state index contributed by atoms with van der Waals surface area (Å²) in [4.78, 5) is 2.10. The Morgan fingerprint density at radius 2 is 2.00 bits per heavy atom. The predicted octanol–water partition coefficient (Wildman–Crippen LogP) is 1.66. The van der Waals surface area contributed by atoms with Crippen LogP contribution in [0.25, 0.3) is 0 Å². The average Bonchev–Trinajstić information content (AvgIpc) is 2.33. The van der Waals surface area contributed by atoms with Crippen molar-refractivity contribution in [2.45, 2.75) is 6.92 Å². The number of hydrogen-bond donors (Lipinski definition) is 2. The van der Waals surface area contributed by atoms with Gasteiger partial charge in [-0.1, -0.05) is 0 Å². The molecule has 0 saturated carbocycles. The van der Waals surface area contributed by atoms with Crippen molar-refractivity contribution in [1.82, 2.24) is 4.90 Å². The number of nitrogen functional groups attached to an aromatic ring is 1. The van der Waals surface area contributed by atoms with Crippen molar-refractivity contribution in [3.05, 3.63) is 18.2 Å². The maximum Gasteiger partial charge on any atom is 0.123 e. The molecule has 5 nitrogen and oxygen atoms in total. The van der Waals surface area contributed by atoms with E-state index in [1.54, 1.807) is 0 Å². The van der Waals surface area contributed by atoms with E-state index in [1.165, 1.54) is 0 Å². The van der Waals surface area contributed by atoms with Crippen LogP contribution in [0.5, 0.6) is 5.75 Å². The van der Waals surface area contributed by atoms with Crippen molar-refractivity contribution < 1.29 is 9.47 Å². The minimum atomic E-state index is 0.635. The van der Waals surface area contributed by atoms with E-state index in [1.807, 2.05) is 39.2 Å². The highest BCUT2D eigenvalue weighted by Gasteiger charge is 1.99. The van der Waals surface area contributed by atoms with E-state index < -0.39 is 0 Å². The Balaban J connectivity index is 2.28. The summed E-state index contributed by atoms with van der Waals surface area (Å²) in [5, 5.41) is 3.27. The van der Waals surface area contributed by atoms with Gasteiger partial charge in [-0.2, -0.15) is 0 Å². The molecule has 0 heterocycles. The molecule has 0 atom stereocenters. The third-order valence-corrected chi connectivity index (χ3v) is 2.50. The number of anilines is 2. The molecule has 19 heavy (non-hydrogen) atoms. The van der Waals surface area contributed by atoms with Crippen LogP contribution >= 0.6 is 0 Å². The van der Waals surface area contributed by atoms with Crippen LogP contribution in [0.2, 0.25) is 0 Å². The van der Waals surface area contributed by atoms with Crippen molar-refractivity contribution in [2.24, 2.45) is 0 Å². The van der Waals surface area contributed by atoms with Gasteiger partial charge < -0.3 is 25.4 Å². The molecule has 0 unspecified atom stereocenters. The smallest absolute Gasteiger partial charge is 0.123 e. The summed E-state index contributed by atoms with van der Waals surface area (Å²) >= 11 is 0. The monoisotopic (exact) mass is 267 g/mol. The standard InChI is InChI=1S/C14H25N3O2/c1-4-19-14-10-12(15)9-13(11-14)16-5-7-18-8-6-17(2)3/h9-11,16H,4-8,15H2,1-3H3. The molecule has 3 N–H and O–H groups in total. The molecule has 0 aliphatic heterocycles. The van der Waals surface area contributed by atoms with Gasteiger partial charge in [-0.25, -0.2) is 0 Å². The Bertz CT molecular complexity index is 370. The lowest BCUT2D eigenvalue weighted by Gasteiger charge is -2.12. The largest absolute Gasteiger partial charge is 0.494 e. The summed E-state index contributed by atoms with van der Waals surface area (Å²) < 4.78 is 10.9. The van der Waals surface area contributed by atoms with Gasteiger partial charge in [-0.05, 0) is 27.1 Å². The normalized spacial score (nSPS) is 10.7. The zero-order chi connectivity index (χ0) is 14.1. The molecule has 0 aromatic heterocycles. The van der Waals surface area contributed by atoms with E-state index in [4.69, 9.17) is 15.2 Å². The van der Waals surface area contributed by atoms with Gasteiger partial charge in [0.2, 0.25) is 0 Å². The zero-order valence-electron chi connectivity index (χ0n) is 12.1. The van der Waals surface area contributed by atoms with Gasteiger partial charge in [-0.15, -0.1) is 0 Å². The van der Waals surface area contributed by atoms with Crippen molar-refractivity contribution >= 4 is 11.4 Å². The van der Waals surface area contributed by atoms with Crippen molar-refractivity contribution in [3.63, 3.8) is 0 Å². The van der Waals surface area contributed by atoms with E-state index in [0.717, 1.165) is 31.1 Å². The number of benzene rings is 1. The molecule has 0 aliphatic carbocycles. The van der Waals surface area contributed by atoms with Crippen molar-refractivity contribution in [2.75, 3.05) is 58.1 Å². The Morgan fingerprint density at radius 1 is 1.21 bits per heavy atom. The minimum Gasteiger partial charge on any atom is -0.494 e. The quantitative estimate of drug-likeness (QED) is 0.526. The lowest BCUT2D eigenvalue weighted by molar-refractivity contribution is 0.126. The van der Waals surface area contributed by atoms with E-state index in [9.17, 15) is 0 Å². The first-order valence-electron chi connectivity index (χ1n) is 6.61. The first-order chi connectivity index (χ1) is 9.11. The Labute approximate surface area is 115 Å². The Kier molecular flexibility index (Phi) is 7.07. The van der Waals surface area contributed by atoms with Crippen LogP contribution in [0, 0.1) is 0 Å². The van der Waals surface area contributed by atoms with Gasteiger partial charge in [0.1, 0.15) is 5.75 Å². The molecule has 5 heteroatoms. The van der Waals surface area contributed by atoms with Crippen LogP contribution < -0.4 is 15.8 Å². The number of ether oxygens (including phenoxy) is 2. The third-order valence-electron chi connectivity index (χ3n) is 2.50. The molecule has 0 aliphatic rings. The summed E-state index contributed by atoms with van der Waals surface area (Å²) in [7, 11) is 4.06. The lowest BCUT2D eigenvalue weighted by atomic mass is 10.2. The van der Waals surface area contributed by atoms with Gasteiger partial charge in [0.05, 0.1) is 19.8 Å². The van der Waals surface area contributed by atoms with Crippen LogP contribution in [0.15, 0.2) is 18.2 Å². The molecule has 0 radical (unpaired) electrons. The SMILES string of the molecule is CCOc1cc(N)cc(NCCOCCN(C)C)c1. The van der Waals surface area contributed by atoms with E-state index >= 15 is 0 Å². The van der Waals surface area contributed by atoms with Crippen LogP contribution in [-0.2, 0) is 4.74 Å². The van der Waals surface area contributed by atoms with E-state index in [-0.39, 0.29) is 0 Å². The molecule has 1 aromatic rings. The summed E-state index contributed by atoms with van der Waals surface area (Å²) in [6.45, 7) is 5.70. The summed E-state index contributed by atoms with van der Waals surface area (Å²) in [6.07, 6.45) is 0. The van der Waals surface area contributed by atoms with Crippen LogP contribution in [0.4, 0.5) is 11.4 Å². The van der Waals surface area contributed by atoms with Gasteiger partial charge >= 0.3 is 0 Å². The molecule has 0 saturated heterocycles. The van der Waals surface area contributed by atoms with Crippen molar-refractivity contribution in [1.29, 1.82) is 0 Å². The van der Waals surface area contributed by atoms with Gasteiger partial charge in [0.15, 0.2) is 0 Å². The summed E-state index contributed by atoms with van der Waals surface area (Å²) in [6, 6.07) is 5.66. The molecule has 0 amide bonds. The number of nitrogens with zero attached hydrogens (tertiary/aromatic N) is 1. The fourth-order valence-corrected chi connectivity index (χ4v) is 1.59. The molecule has 1 rings (SSSR count). The lowest BCUT2D eigenvalue weighted by Crippen LogP contribution is -2.20. The molecule has 1 aromatic carbocycles. The molecular formula is C14H25N3O2. The predicted molar refractivity (Wildman–Crippen MR) is 79.9 cm³/mol. The topological polar surface area (TPSA) is 59.8 Å². The number of nitrogens with one attached hydrogen (secondary N) is 1. The highest BCUT2D eigenvalue weighted by atomic mass is 16.5. The fraction of sp³-hybridized carbons (Fsp3) is 0.571. The highest BCUT2D eigenvalue weighted by Crippen LogP contribution is 2.22. The Hall–Kier alpha value is -1.46. The number of likely N-dealkylation sites (N-methyl/N-ethyl adjacent to an activating group) is 1. The molecular weight excluding hydrogens is 242 g/mol. The molecule has 0 spiro atoms. The second-order valence-corrected chi connectivity index (χ2v) is 4.57. The second-order valence-electron chi connectivity index (χ2n) is 4.57. The fourth-order valence-electron chi connectivity index (χ4n) is 1.59. The van der Waals surface area contributed by atoms with Crippen molar-refractivity contribution in [3.8, 4) is 5.75 Å². The summed E-state index contributed by atoms with van der Waals surface area (Å²) in [5.41, 5.74) is 7.47. The summed E-state index contributed by atoms with van der Waals surface area (Å²) in [5.74, 6) is 0.790. The highest BCUT2D eigenvalue weighted by molar-refractivity contribution is 5.59. The average molecular weight is 267 g/mol. The number of nitrogens with two attached hydrogens (primary N) is 1. The maximum atomic E-state index is 5.82. The molecule has 108 valence electrons. The number of hydrogen-bond acceptors (Lipinski definition) is 5. The first kappa shape index (κ1) is 15.6. The molecule has 0 bridgehead atoms. The first-order valence-corrected chi connectivity index (χ1v) is 6.61. The van der Waals surface area contributed by atoms with Gasteiger partial charge in [-0.3, -0.25) is 0 Å². The van der Waals surface area contributed by atoms with Crippen LogP contribution in [-0.4, -0.2) is 51.9 Å². The van der Waals surface area contributed by atoms with Gasteiger partial charge in [0, 0.05) is 36.6 Å². The number of rotatable bonds is 9. The maximum absolute atomic E-state index is 5.82. The molecule has 0 fully saturated rings.